The molecule has 0 aromatic heterocycles. The zero-order valence-electron chi connectivity index (χ0n) is 12.9. The van der Waals surface area contributed by atoms with Crippen molar-refractivity contribution in [1.29, 1.82) is 0 Å². The zero-order valence-corrected chi connectivity index (χ0v) is 13.7. The van der Waals surface area contributed by atoms with Crippen molar-refractivity contribution in [3.8, 4) is 0 Å². The molecule has 0 amide bonds. The van der Waals surface area contributed by atoms with Gasteiger partial charge in [-0.3, -0.25) is 0 Å². The lowest BCUT2D eigenvalue weighted by molar-refractivity contribution is 0.336. The van der Waals surface area contributed by atoms with Gasteiger partial charge < -0.3 is 5.73 Å². The van der Waals surface area contributed by atoms with Crippen LogP contribution in [-0.4, -0.2) is 12.3 Å². The maximum absolute atomic E-state index is 5.75. The smallest absolute Gasteiger partial charge is 0.00721 e. The summed E-state index contributed by atoms with van der Waals surface area (Å²) in [5.41, 5.74) is 7.48. The molecule has 19 heavy (non-hydrogen) atoms. The van der Waals surface area contributed by atoms with Gasteiger partial charge in [0.25, 0.3) is 0 Å². The van der Waals surface area contributed by atoms with Gasteiger partial charge in [0, 0.05) is 4.90 Å². The van der Waals surface area contributed by atoms with Gasteiger partial charge >= 0.3 is 0 Å². The first-order valence-corrected chi connectivity index (χ1v) is 8.36. The van der Waals surface area contributed by atoms with Crippen molar-refractivity contribution in [3.63, 3.8) is 0 Å². The zero-order chi connectivity index (χ0) is 14.3. The van der Waals surface area contributed by atoms with E-state index in [4.69, 9.17) is 5.73 Å². The quantitative estimate of drug-likeness (QED) is 0.532. The topological polar surface area (TPSA) is 26.0 Å². The highest BCUT2D eigenvalue weighted by Gasteiger charge is 2.14. The molecule has 2 heteroatoms. The summed E-state index contributed by atoms with van der Waals surface area (Å²) in [4.78, 5) is 1.39. The van der Waals surface area contributed by atoms with Crippen molar-refractivity contribution in [2.45, 2.75) is 57.8 Å². The van der Waals surface area contributed by atoms with E-state index in [1.54, 1.807) is 0 Å². The lowest BCUT2D eigenvalue weighted by Gasteiger charge is -2.21. The Bertz CT molecular complexity index is 354. The molecule has 1 aromatic carbocycles. The third kappa shape index (κ3) is 6.49. The summed E-state index contributed by atoms with van der Waals surface area (Å²) < 4.78 is 0. The number of unbranched alkanes of at least 4 members (excludes halogenated alkanes) is 1. The molecule has 0 radical (unpaired) electrons. The van der Waals surface area contributed by atoms with Crippen LogP contribution in [0.4, 0.5) is 0 Å². The molecule has 0 fully saturated rings. The maximum Gasteiger partial charge on any atom is 0.00721 e. The van der Waals surface area contributed by atoms with Crippen LogP contribution in [0.2, 0.25) is 0 Å². The van der Waals surface area contributed by atoms with Crippen LogP contribution >= 0.6 is 11.8 Å². The van der Waals surface area contributed by atoms with Crippen molar-refractivity contribution in [2.75, 3.05) is 12.3 Å². The van der Waals surface area contributed by atoms with Gasteiger partial charge in [0.2, 0.25) is 0 Å². The molecule has 0 heterocycles. The Morgan fingerprint density at radius 2 is 1.74 bits per heavy atom. The number of nitrogens with two attached hydrogens (primary N) is 1. The van der Waals surface area contributed by atoms with Crippen LogP contribution in [0.5, 0.6) is 0 Å². The largest absolute Gasteiger partial charge is 0.330 e. The van der Waals surface area contributed by atoms with Crippen molar-refractivity contribution >= 4 is 11.8 Å². The van der Waals surface area contributed by atoms with Crippen molar-refractivity contribution < 1.29 is 0 Å². The number of rotatable bonds is 8. The summed E-state index contributed by atoms with van der Waals surface area (Å²) in [6.07, 6.45) is 3.79. The van der Waals surface area contributed by atoms with E-state index in [1.807, 2.05) is 11.8 Å². The van der Waals surface area contributed by atoms with Crippen LogP contribution in [0.15, 0.2) is 29.2 Å². The Kier molecular flexibility index (Phi) is 6.95. The molecule has 0 saturated heterocycles. The van der Waals surface area contributed by atoms with Crippen LogP contribution in [0.3, 0.4) is 0 Å². The van der Waals surface area contributed by atoms with Gasteiger partial charge in [0.1, 0.15) is 0 Å². The van der Waals surface area contributed by atoms with Gasteiger partial charge in [-0.05, 0) is 54.2 Å². The summed E-state index contributed by atoms with van der Waals surface area (Å²) in [7, 11) is 0. The van der Waals surface area contributed by atoms with E-state index in [0.717, 1.165) is 6.54 Å². The highest BCUT2D eigenvalue weighted by atomic mass is 32.2. The Balaban J connectivity index is 2.23. The Morgan fingerprint density at radius 1 is 1.11 bits per heavy atom. The van der Waals surface area contributed by atoms with E-state index in [9.17, 15) is 0 Å². The minimum absolute atomic E-state index is 0.309. The van der Waals surface area contributed by atoms with Crippen LogP contribution in [0.1, 0.15) is 58.4 Å². The van der Waals surface area contributed by atoms with E-state index in [1.165, 1.54) is 35.5 Å². The summed E-state index contributed by atoms with van der Waals surface area (Å²) in [5, 5.41) is 0. The fraction of sp³-hybridized carbons (Fsp3) is 0.647. The van der Waals surface area contributed by atoms with Crippen molar-refractivity contribution in [2.24, 2.45) is 11.1 Å². The molecule has 0 unspecified atom stereocenters. The monoisotopic (exact) mass is 279 g/mol. The average Bonchev–Trinajstić information content (AvgIpc) is 2.39. The minimum Gasteiger partial charge on any atom is -0.330 e. The number of hydrogen-bond acceptors (Lipinski definition) is 2. The maximum atomic E-state index is 5.75. The molecular weight excluding hydrogens is 250 g/mol. The van der Waals surface area contributed by atoms with Crippen LogP contribution in [0.25, 0.3) is 0 Å². The van der Waals surface area contributed by atoms with Crippen molar-refractivity contribution in [1.82, 2.24) is 0 Å². The van der Waals surface area contributed by atoms with E-state index in [-0.39, 0.29) is 0 Å². The molecule has 0 bridgehead atoms. The van der Waals surface area contributed by atoms with Gasteiger partial charge in [-0.15, -0.1) is 11.8 Å². The first-order chi connectivity index (χ1) is 8.94. The molecule has 1 rings (SSSR count). The number of benzene rings is 1. The van der Waals surface area contributed by atoms with Gasteiger partial charge in [0.15, 0.2) is 0 Å². The second kappa shape index (κ2) is 7.96. The SMILES string of the molecule is CC(C)c1ccc(SCCCCC(C)(C)CN)cc1. The second-order valence-electron chi connectivity index (χ2n) is 6.40. The van der Waals surface area contributed by atoms with Crippen LogP contribution in [0, 0.1) is 5.41 Å². The molecule has 0 saturated carbocycles. The Hall–Kier alpha value is -0.470. The Morgan fingerprint density at radius 3 is 2.26 bits per heavy atom. The fourth-order valence-corrected chi connectivity index (χ4v) is 2.86. The lowest BCUT2D eigenvalue weighted by atomic mass is 9.88. The highest BCUT2D eigenvalue weighted by molar-refractivity contribution is 7.99. The molecule has 1 nitrogen and oxygen atoms in total. The normalized spacial score (nSPS) is 12.1. The predicted molar refractivity (Wildman–Crippen MR) is 87.9 cm³/mol. The lowest BCUT2D eigenvalue weighted by Crippen LogP contribution is -2.23. The molecule has 2 N–H and O–H groups in total. The summed E-state index contributed by atoms with van der Waals surface area (Å²) >= 11 is 1.97. The van der Waals surface area contributed by atoms with E-state index < -0.39 is 0 Å². The molecule has 0 aliphatic rings. The standard InChI is InChI=1S/C17H29NS/c1-14(2)15-7-9-16(10-8-15)19-12-6-5-11-17(3,4)13-18/h7-10,14H,5-6,11-13,18H2,1-4H3. The van der Waals surface area contributed by atoms with E-state index in [0.29, 0.717) is 11.3 Å². The van der Waals surface area contributed by atoms with E-state index >= 15 is 0 Å². The van der Waals surface area contributed by atoms with Crippen LogP contribution in [-0.2, 0) is 0 Å². The predicted octanol–water partition coefficient (Wildman–Crippen LogP) is 5.06. The van der Waals surface area contributed by atoms with Gasteiger partial charge in [-0.1, -0.05) is 46.2 Å². The first kappa shape index (κ1) is 16.6. The molecule has 0 aliphatic carbocycles. The Labute approximate surface area is 123 Å². The molecule has 108 valence electrons. The molecule has 0 aliphatic heterocycles. The molecular formula is C17H29NS. The minimum atomic E-state index is 0.309. The summed E-state index contributed by atoms with van der Waals surface area (Å²) in [6.45, 7) is 9.77. The number of hydrogen-bond donors (Lipinski definition) is 1. The summed E-state index contributed by atoms with van der Waals surface area (Å²) in [5.74, 6) is 1.83. The number of thioether (sulfide) groups is 1. The third-order valence-corrected chi connectivity index (χ3v) is 4.71. The van der Waals surface area contributed by atoms with Crippen molar-refractivity contribution in [3.05, 3.63) is 29.8 Å². The fourth-order valence-electron chi connectivity index (χ4n) is 1.95. The molecule has 0 spiro atoms. The molecule has 0 atom stereocenters. The average molecular weight is 279 g/mol. The van der Waals surface area contributed by atoms with E-state index in [2.05, 4.69) is 52.0 Å². The molecule has 1 aromatic rings. The van der Waals surface area contributed by atoms with Gasteiger partial charge in [-0.2, -0.15) is 0 Å². The summed E-state index contributed by atoms with van der Waals surface area (Å²) in [6, 6.07) is 9.02. The third-order valence-electron chi connectivity index (χ3n) is 3.62. The van der Waals surface area contributed by atoms with Gasteiger partial charge in [-0.25, -0.2) is 0 Å². The second-order valence-corrected chi connectivity index (χ2v) is 7.57. The van der Waals surface area contributed by atoms with Crippen LogP contribution < -0.4 is 5.73 Å². The highest BCUT2D eigenvalue weighted by Crippen LogP contribution is 2.25. The first-order valence-electron chi connectivity index (χ1n) is 7.37. The van der Waals surface area contributed by atoms with Gasteiger partial charge in [0.05, 0.1) is 0 Å².